The topological polar surface area (TPSA) is 91.4 Å². The van der Waals surface area contributed by atoms with E-state index in [1.54, 1.807) is 0 Å². The van der Waals surface area contributed by atoms with Crippen LogP contribution in [0.4, 0.5) is 10.6 Å². The molecule has 1 heterocycles. The number of ether oxygens (including phenoxy) is 1. The maximum atomic E-state index is 13.3. The van der Waals surface area contributed by atoms with Gasteiger partial charge in [0.2, 0.25) is 0 Å². The van der Waals surface area contributed by atoms with Crippen LogP contribution in [0.15, 0.2) is 66.7 Å². The zero-order valence-corrected chi connectivity index (χ0v) is 26.9. The fourth-order valence-corrected chi connectivity index (χ4v) is 12.3. The normalized spacial score (nSPS) is 27.2. The smallest absolute Gasteiger partial charge is 0.407 e. The highest BCUT2D eigenvalue weighted by Gasteiger charge is 2.58. The standard InChI is InChI=1S/C34H46N4O3Si/c1-32(2,3)38-30(35)19-27(37-38)24-17-28(40-31(39)36-34-20-23(21-34)22-34)29(18-24)41-42(33(4,5)6,25-13-9-7-10-14-25)26-15-11-8-12-16-26/h7-16,19,23-24,28-29H,17-18,20-22,35H2,1-6H3,(H,36,39)/t23?,24-,28+,29-,34?/m1/s1. The Morgan fingerprint density at radius 1 is 0.929 bits per heavy atom. The van der Waals surface area contributed by atoms with Crippen LogP contribution < -0.4 is 21.4 Å². The molecule has 3 aromatic rings. The van der Waals surface area contributed by atoms with Crippen LogP contribution in [0.2, 0.25) is 5.04 Å². The Morgan fingerprint density at radius 3 is 1.93 bits per heavy atom. The first-order valence-electron chi connectivity index (χ1n) is 15.4. The highest BCUT2D eigenvalue weighted by molar-refractivity contribution is 6.99. The number of aromatic nitrogens is 2. The number of carbonyl (C=O) groups is 1. The van der Waals surface area contributed by atoms with E-state index in [0.717, 1.165) is 30.9 Å². The minimum absolute atomic E-state index is 0.0476. The molecule has 1 aromatic heterocycles. The molecule has 7 nitrogen and oxygen atoms in total. The molecule has 0 spiro atoms. The zero-order chi connectivity index (χ0) is 29.9. The Labute approximate surface area is 251 Å². The summed E-state index contributed by atoms with van der Waals surface area (Å²) in [4.78, 5) is 13.3. The van der Waals surface area contributed by atoms with E-state index >= 15 is 0 Å². The second kappa shape index (κ2) is 10.3. The third-order valence-electron chi connectivity index (χ3n) is 9.67. The van der Waals surface area contributed by atoms with Crippen molar-refractivity contribution >= 4 is 30.6 Å². The first kappa shape index (κ1) is 29.0. The number of amides is 1. The Balaban J connectivity index is 1.37. The third kappa shape index (κ3) is 5.06. The van der Waals surface area contributed by atoms with Crippen LogP contribution in [0.3, 0.4) is 0 Å². The Morgan fingerprint density at radius 2 is 1.48 bits per heavy atom. The molecular weight excluding hydrogens is 540 g/mol. The molecule has 3 N–H and O–H groups in total. The SMILES string of the molecule is CC(C)(C)n1nc([C@@H]2C[C@H](OC(=O)NC34CC(C3)C4)[C@H](O[Si](c3ccccc3)(c3ccccc3)C(C)(C)C)C2)cc1N. The lowest BCUT2D eigenvalue weighted by molar-refractivity contribution is -0.0550. The van der Waals surface area contributed by atoms with Gasteiger partial charge in [0.05, 0.1) is 17.3 Å². The van der Waals surface area contributed by atoms with Gasteiger partial charge in [0, 0.05) is 17.5 Å². The Kier molecular flexibility index (Phi) is 7.08. The van der Waals surface area contributed by atoms with Crippen LogP contribution in [-0.4, -0.2) is 41.9 Å². The van der Waals surface area contributed by atoms with Crippen LogP contribution in [0.25, 0.3) is 0 Å². The number of benzene rings is 2. The van der Waals surface area contributed by atoms with Crippen LogP contribution in [0, 0.1) is 5.92 Å². The fraction of sp³-hybridized carbons (Fsp3) is 0.529. The molecule has 8 heteroatoms. The first-order chi connectivity index (χ1) is 19.8. The van der Waals surface area contributed by atoms with E-state index in [1.165, 1.54) is 10.4 Å². The van der Waals surface area contributed by atoms with E-state index < -0.39 is 14.4 Å². The summed E-state index contributed by atoms with van der Waals surface area (Å²) in [5, 5.41) is 10.4. The molecule has 4 saturated carbocycles. The summed E-state index contributed by atoms with van der Waals surface area (Å²) >= 11 is 0. The first-order valence-corrected chi connectivity index (χ1v) is 17.3. The minimum atomic E-state index is -2.87. The summed E-state index contributed by atoms with van der Waals surface area (Å²) in [6.45, 7) is 13.1. The van der Waals surface area contributed by atoms with Crippen molar-refractivity contribution in [2.24, 2.45) is 5.92 Å². The van der Waals surface area contributed by atoms with Crippen LogP contribution in [0.1, 0.15) is 85.3 Å². The fourth-order valence-electron chi connectivity index (χ4n) is 7.53. The number of alkyl carbamates (subject to hydrolysis) is 1. The molecular formula is C34H46N4O3Si. The summed E-state index contributed by atoms with van der Waals surface area (Å²) in [7, 11) is -2.87. The number of nitrogen functional groups attached to an aromatic ring is 1. The Hall–Kier alpha value is -3.10. The molecule has 0 aliphatic heterocycles. The lowest BCUT2D eigenvalue weighted by Crippen LogP contribution is -2.69. The number of anilines is 1. The van der Waals surface area contributed by atoms with Crippen molar-refractivity contribution in [3.05, 3.63) is 72.4 Å². The summed E-state index contributed by atoms with van der Waals surface area (Å²) in [5.41, 5.74) is 7.09. The van der Waals surface area contributed by atoms with Gasteiger partial charge in [-0.25, -0.2) is 9.48 Å². The maximum Gasteiger partial charge on any atom is 0.407 e. The highest BCUT2D eigenvalue weighted by Crippen LogP contribution is 2.57. The number of hydrogen-bond donors (Lipinski definition) is 2. The van der Waals surface area contributed by atoms with Gasteiger partial charge >= 0.3 is 6.09 Å². The van der Waals surface area contributed by atoms with E-state index in [2.05, 4.69) is 108 Å². The van der Waals surface area contributed by atoms with Gasteiger partial charge in [-0.15, -0.1) is 0 Å². The van der Waals surface area contributed by atoms with Crippen molar-refractivity contribution in [1.82, 2.24) is 15.1 Å². The number of nitrogens with one attached hydrogen (secondary N) is 1. The van der Waals surface area contributed by atoms with E-state index in [1.807, 2.05) is 10.7 Å². The maximum absolute atomic E-state index is 13.3. The van der Waals surface area contributed by atoms with Crippen molar-refractivity contribution in [3.8, 4) is 0 Å². The van der Waals surface area contributed by atoms with Crippen LogP contribution in [0.5, 0.6) is 0 Å². The number of nitrogens with zero attached hydrogens (tertiary/aromatic N) is 2. The summed E-state index contributed by atoms with van der Waals surface area (Å²) in [5.74, 6) is 1.48. The Bertz CT molecular complexity index is 1370. The van der Waals surface area contributed by atoms with Crippen molar-refractivity contribution in [2.75, 3.05) is 5.73 Å². The highest BCUT2D eigenvalue weighted by atomic mass is 28.4. The largest absolute Gasteiger partial charge is 0.443 e. The molecule has 4 fully saturated rings. The van der Waals surface area contributed by atoms with E-state index in [-0.39, 0.29) is 34.2 Å². The summed E-state index contributed by atoms with van der Waals surface area (Å²) < 4.78 is 15.7. The van der Waals surface area contributed by atoms with Gasteiger partial charge < -0.3 is 20.2 Å². The van der Waals surface area contributed by atoms with Crippen molar-refractivity contribution in [1.29, 1.82) is 0 Å². The predicted molar refractivity (Wildman–Crippen MR) is 170 cm³/mol. The number of rotatable bonds is 7. The minimum Gasteiger partial charge on any atom is -0.443 e. The summed E-state index contributed by atoms with van der Waals surface area (Å²) in [6.07, 6.45) is 3.55. The lowest BCUT2D eigenvalue weighted by atomic mass is 9.50. The molecule has 224 valence electrons. The van der Waals surface area contributed by atoms with Gasteiger partial charge in [-0.3, -0.25) is 0 Å². The molecule has 0 unspecified atom stereocenters. The van der Waals surface area contributed by atoms with Gasteiger partial charge in [-0.2, -0.15) is 5.10 Å². The molecule has 42 heavy (non-hydrogen) atoms. The van der Waals surface area contributed by atoms with Gasteiger partial charge in [0.15, 0.2) is 0 Å². The molecule has 2 bridgehead atoms. The molecule has 1 amide bonds. The number of carbonyl (C=O) groups excluding carboxylic acids is 1. The molecule has 0 radical (unpaired) electrons. The van der Waals surface area contributed by atoms with E-state index in [0.29, 0.717) is 18.7 Å². The van der Waals surface area contributed by atoms with E-state index in [9.17, 15) is 4.79 Å². The van der Waals surface area contributed by atoms with Crippen LogP contribution >= 0.6 is 0 Å². The van der Waals surface area contributed by atoms with Gasteiger partial charge in [0.25, 0.3) is 8.32 Å². The van der Waals surface area contributed by atoms with Crippen LogP contribution in [-0.2, 0) is 14.7 Å². The second-order valence-corrected chi connectivity index (χ2v) is 19.1. The number of hydrogen-bond acceptors (Lipinski definition) is 5. The molecule has 0 saturated heterocycles. The average molecular weight is 587 g/mol. The molecule has 7 rings (SSSR count). The zero-order valence-electron chi connectivity index (χ0n) is 25.9. The van der Waals surface area contributed by atoms with Crippen molar-refractivity contribution in [2.45, 2.75) is 108 Å². The van der Waals surface area contributed by atoms with Gasteiger partial charge in [-0.05, 0) is 74.2 Å². The van der Waals surface area contributed by atoms with Gasteiger partial charge in [-0.1, -0.05) is 81.4 Å². The molecule has 4 aliphatic carbocycles. The van der Waals surface area contributed by atoms with Crippen molar-refractivity contribution < 1.29 is 14.0 Å². The van der Waals surface area contributed by atoms with Crippen molar-refractivity contribution in [3.63, 3.8) is 0 Å². The average Bonchev–Trinajstić information content (AvgIpc) is 3.47. The summed E-state index contributed by atoms with van der Waals surface area (Å²) in [6, 6.07) is 23.3. The van der Waals surface area contributed by atoms with Gasteiger partial charge in [0.1, 0.15) is 11.9 Å². The van der Waals surface area contributed by atoms with E-state index in [4.69, 9.17) is 20.0 Å². The quantitative estimate of drug-likeness (QED) is 0.347. The number of nitrogens with two attached hydrogens (primary N) is 1. The second-order valence-electron chi connectivity index (χ2n) is 14.9. The monoisotopic (exact) mass is 586 g/mol. The molecule has 4 aliphatic rings. The molecule has 3 atom stereocenters. The predicted octanol–water partition coefficient (Wildman–Crippen LogP) is 5.69. The lowest BCUT2D eigenvalue weighted by Gasteiger charge is -2.61. The molecule has 2 aromatic carbocycles. The third-order valence-corrected chi connectivity index (χ3v) is 14.7.